The van der Waals surface area contributed by atoms with E-state index >= 15 is 0 Å². The third-order valence-corrected chi connectivity index (χ3v) is 3.50. The molecule has 1 aromatic heterocycles. The fourth-order valence-corrected chi connectivity index (χ4v) is 2.32. The predicted octanol–water partition coefficient (Wildman–Crippen LogP) is 3.66. The lowest BCUT2D eigenvalue weighted by atomic mass is 10.2. The van der Waals surface area contributed by atoms with Crippen LogP contribution in [0.4, 0.5) is 0 Å². The highest BCUT2D eigenvalue weighted by atomic mass is 79.9. The van der Waals surface area contributed by atoms with E-state index in [2.05, 4.69) is 26.5 Å². The van der Waals surface area contributed by atoms with Crippen LogP contribution in [0.15, 0.2) is 62.5 Å². The first kappa shape index (κ1) is 14.3. The molecule has 0 fully saturated rings. The molecule has 0 bridgehead atoms. The zero-order valence-electron chi connectivity index (χ0n) is 11.3. The van der Waals surface area contributed by atoms with Gasteiger partial charge in [-0.05, 0) is 30.3 Å². The maximum Gasteiger partial charge on any atom is 0.307 e. The molecule has 0 unspecified atom stereocenters. The standard InChI is InChI=1S/C16H11BrN2O3/c17-12-5-6-13(20)11(7-12)9-18-19-16(21)15-8-10-3-1-2-4-14(10)22-15/h1-9,20H,(H,19,21)/b18-9+. The Morgan fingerprint density at radius 1 is 1.23 bits per heavy atom. The van der Waals surface area contributed by atoms with Gasteiger partial charge in [0.2, 0.25) is 0 Å². The molecule has 22 heavy (non-hydrogen) atoms. The summed E-state index contributed by atoms with van der Waals surface area (Å²) >= 11 is 3.30. The summed E-state index contributed by atoms with van der Waals surface area (Å²) in [6, 6.07) is 13.9. The monoisotopic (exact) mass is 358 g/mol. The van der Waals surface area contributed by atoms with E-state index in [1.807, 2.05) is 18.2 Å². The number of benzene rings is 2. The molecule has 2 N–H and O–H groups in total. The Balaban J connectivity index is 1.74. The number of nitrogens with zero attached hydrogens (tertiary/aromatic N) is 1. The summed E-state index contributed by atoms with van der Waals surface area (Å²) in [6.45, 7) is 0. The van der Waals surface area contributed by atoms with Crippen LogP contribution in [0.25, 0.3) is 11.0 Å². The number of aromatic hydroxyl groups is 1. The number of hydrogen-bond donors (Lipinski definition) is 2. The molecule has 0 saturated heterocycles. The minimum absolute atomic E-state index is 0.0740. The predicted molar refractivity (Wildman–Crippen MR) is 87.1 cm³/mol. The largest absolute Gasteiger partial charge is 0.507 e. The number of phenolic OH excluding ortho intramolecular Hbond substituents is 1. The van der Waals surface area contributed by atoms with Crippen molar-refractivity contribution in [2.24, 2.45) is 5.10 Å². The van der Waals surface area contributed by atoms with Crippen LogP contribution in [0.1, 0.15) is 16.1 Å². The number of rotatable bonds is 3. The molecule has 110 valence electrons. The number of hydrazone groups is 1. The fraction of sp³-hybridized carbons (Fsp3) is 0. The van der Waals surface area contributed by atoms with E-state index < -0.39 is 5.91 Å². The Kier molecular flexibility index (Phi) is 3.93. The van der Waals surface area contributed by atoms with Gasteiger partial charge in [0.05, 0.1) is 6.21 Å². The Hall–Kier alpha value is -2.60. The van der Waals surface area contributed by atoms with E-state index in [0.29, 0.717) is 11.1 Å². The summed E-state index contributed by atoms with van der Waals surface area (Å²) in [6.07, 6.45) is 1.36. The summed E-state index contributed by atoms with van der Waals surface area (Å²) in [7, 11) is 0. The van der Waals surface area contributed by atoms with Crippen molar-refractivity contribution in [3.05, 3.63) is 64.3 Å². The average molecular weight is 359 g/mol. The lowest BCUT2D eigenvalue weighted by Crippen LogP contribution is -2.16. The highest BCUT2D eigenvalue weighted by Crippen LogP contribution is 2.20. The van der Waals surface area contributed by atoms with Gasteiger partial charge in [0.25, 0.3) is 0 Å². The molecule has 0 spiro atoms. The van der Waals surface area contributed by atoms with Gasteiger partial charge in [0.1, 0.15) is 11.3 Å². The molecule has 1 heterocycles. The Bertz CT molecular complexity index is 838. The minimum Gasteiger partial charge on any atom is -0.507 e. The number of phenols is 1. The van der Waals surface area contributed by atoms with Gasteiger partial charge in [-0.25, -0.2) is 5.43 Å². The van der Waals surface area contributed by atoms with Gasteiger partial charge in [-0.1, -0.05) is 34.1 Å². The third kappa shape index (κ3) is 3.01. The van der Waals surface area contributed by atoms with Gasteiger partial charge in [-0.3, -0.25) is 4.79 Å². The molecule has 0 saturated carbocycles. The van der Waals surface area contributed by atoms with Crippen molar-refractivity contribution >= 4 is 39.0 Å². The van der Waals surface area contributed by atoms with Crippen molar-refractivity contribution in [2.45, 2.75) is 0 Å². The summed E-state index contributed by atoms with van der Waals surface area (Å²) in [5, 5.41) is 14.3. The number of furan rings is 1. The maximum atomic E-state index is 12.0. The van der Waals surface area contributed by atoms with Crippen molar-refractivity contribution < 1.29 is 14.3 Å². The normalized spacial score (nSPS) is 11.1. The molecule has 3 aromatic rings. The molecule has 6 heteroatoms. The molecule has 0 aliphatic heterocycles. The zero-order valence-corrected chi connectivity index (χ0v) is 12.9. The molecule has 5 nitrogen and oxygen atoms in total. The van der Waals surface area contributed by atoms with Crippen molar-refractivity contribution in [1.29, 1.82) is 0 Å². The molecule has 3 rings (SSSR count). The highest BCUT2D eigenvalue weighted by molar-refractivity contribution is 9.10. The summed E-state index contributed by atoms with van der Waals surface area (Å²) in [5.74, 6) is -0.205. The molecular formula is C16H11BrN2O3. The fourth-order valence-electron chi connectivity index (χ4n) is 1.94. The maximum absolute atomic E-state index is 12.0. The first-order valence-electron chi connectivity index (χ1n) is 6.44. The van der Waals surface area contributed by atoms with Crippen LogP contribution >= 0.6 is 15.9 Å². The first-order valence-corrected chi connectivity index (χ1v) is 7.23. The molecule has 0 aliphatic rings. The molecule has 0 aliphatic carbocycles. The van der Waals surface area contributed by atoms with E-state index in [9.17, 15) is 9.90 Å². The van der Waals surface area contributed by atoms with Crippen LogP contribution in [0, 0.1) is 0 Å². The number of carbonyl (C=O) groups excluding carboxylic acids is 1. The Morgan fingerprint density at radius 3 is 2.86 bits per heavy atom. The van der Waals surface area contributed by atoms with E-state index in [1.165, 1.54) is 12.3 Å². The van der Waals surface area contributed by atoms with Gasteiger partial charge in [0, 0.05) is 15.4 Å². The second-order valence-electron chi connectivity index (χ2n) is 4.55. The molecule has 1 amide bonds. The average Bonchev–Trinajstić information content (AvgIpc) is 2.94. The number of nitrogens with one attached hydrogen (secondary N) is 1. The third-order valence-electron chi connectivity index (χ3n) is 3.01. The van der Waals surface area contributed by atoms with E-state index in [-0.39, 0.29) is 11.5 Å². The number of para-hydroxylation sites is 1. The first-order chi connectivity index (χ1) is 10.6. The van der Waals surface area contributed by atoms with E-state index in [1.54, 1.807) is 24.3 Å². The topological polar surface area (TPSA) is 74.8 Å². The number of amides is 1. The summed E-state index contributed by atoms with van der Waals surface area (Å²) in [4.78, 5) is 12.0. The van der Waals surface area contributed by atoms with Crippen LogP contribution < -0.4 is 5.43 Å². The Morgan fingerprint density at radius 2 is 2.05 bits per heavy atom. The second kappa shape index (κ2) is 6.03. The van der Waals surface area contributed by atoms with Crippen LogP contribution in [0.5, 0.6) is 5.75 Å². The zero-order chi connectivity index (χ0) is 15.5. The van der Waals surface area contributed by atoms with Crippen molar-refractivity contribution in [3.8, 4) is 5.75 Å². The number of halogens is 1. The van der Waals surface area contributed by atoms with Gasteiger partial charge in [-0.15, -0.1) is 0 Å². The van der Waals surface area contributed by atoms with E-state index in [4.69, 9.17) is 4.42 Å². The lowest BCUT2D eigenvalue weighted by Gasteiger charge is -1.99. The molecule has 0 radical (unpaired) electrons. The lowest BCUT2D eigenvalue weighted by molar-refractivity contribution is 0.0929. The Labute approximate surface area is 134 Å². The van der Waals surface area contributed by atoms with Crippen molar-refractivity contribution in [2.75, 3.05) is 0 Å². The van der Waals surface area contributed by atoms with Gasteiger partial charge in [0.15, 0.2) is 5.76 Å². The SMILES string of the molecule is O=C(N/N=C/c1cc(Br)ccc1O)c1cc2ccccc2o1. The smallest absolute Gasteiger partial charge is 0.307 e. The molecule has 0 atom stereocenters. The van der Waals surface area contributed by atoms with Crippen molar-refractivity contribution in [1.82, 2.24) is 5.43 Å². The summed E-state index contributed by atoms with van der Waals surface area (Å²) < 4.78 is 6.23. The summed E-state index contributed by atoms with van der Waals surface area (Å²) in [5.41, 5.74) is 3.49. The van der Waals surface area contributed by atoms with Gasteiger partial charge < -0.3 is 9.52 Å². The van der Waals surface area contributed by atoms with Crippen LogP contribution in [-0.2, 0) is 0 Å². The van der Waals surface area contributed by atoms with Crippen molar-refractivity contribution in [3.63, 3.8) is 0 Å². The quantitative estimate of drug-likeness (QED) is 0.554. The highest BCUT2D eigenvalue weighted by Gasteiger charge is 2.11. The van der Waals surface area contributed by atoms with Crippen LogP contribution in [-0.4, -0.2) is 17.2 Å². The number of hydrogen-bond acceptors (Lipinski definition) is 4. The number of fused-ring (bicyclic) bond motifs is 1. The molecule has 2 aromatic carbocycles. The second-order valence-corrected chi connectivity index (χ2v) is 5.47. The van der Waals surface area contributed by atoms with Gasteiger partial charge >= 0.3 is 5.91 Å². The molecular weight excluding hydrogens is 348 g/mol. The van der Waals surface area contributed by atoms with Crippen LogP contribution in [0.3, 0.4) is 0 Å². The van der Waals surface area contributed by atoms with E-state index in [0.717, 1.165) is 9.86 Å². The van der Waals surface area contributed by atoms with Gasteiger partial charge in [-0.2, -0.15) is 5.10 Å². The van der Waals surface area contributed by atoms with Crippen LogP contribution in [0.2, 0.25) is 0 Å². The number of carbonyl (C=O) groups is 1. The minimum atomic E-state index is -0.457.